The van der Waals surface area contributed by atoms with E-state index in [9.17, 15) is 4.79 Å². The van der Waals surface area contributed by atoms with Crippen molar-refractivity contribution in [2.45, 2.75) is 65.2 Å². The lowest BCUT2D eigenvalue weighted by Crippen LogP contribution is -2.49. The first-order chi connectivity index (χ1) is 14.3. The Bertz CT molecular complexity index is 614. The Morgan fingerprint density at radius 3 is 2.40 bits per heavy atom. The van der Waals surface area contributed by atoms with Crippen LogP contribution in [0.4, 0.5) is 0 Å². The fourth-order valence-electron chi connectivity index (χ4n) is 6.11. The van der Waals surface area contributed by atoms with Gasteiger partial charge in [0.15, 0.2) is 0 Å². The second-order valence-electron chi connectivity index (χ2n) is 10.1. The number of hydrogen-bond acceptors (Lipinski definition) is 3. The van der Waals surface area contributed by atoms with Gasteiger partial charge in [0.2, 0.25) is 6.41 Å². The van der Waals surface area contributed by atoms with E-state index in [0.717, 1.165) is 43.9 Å². The van der Waals surface area contributed by atoms with Gasteiger partial charge >= 0.3 is 0 Å². The zero-order chi connectivity index (χ0) is 22.0. The fourth-order valence-corrected chi connectivity index (χ4v) is 6.11. The van der Waals surface area contributed by atoms with E-state index in [0.29, 0.717) is 17.2 Å². The lowest BCUT2D eigenvalue weighted by atomic mass is 9.51. The summed E-state index contributed by atoms with van der Waals surface area (Å²) in [6.07, 6.45) is 7.82. The molecule has 170 valence electrons. The third-order valence-corrected chi connectivity index (χ3v) is 6.55. The molecule has 4 rings (SSSR count). The highest BCUT2D eigenvalue weighted by molar-refractivity contribution is 6.17. The van der Waals surface area contributed by atoms with Gasteiger partial charge in [-0.1, -0.05) is 58.0 Å². The molecule has 1 amide bonds. The van der Waals surface area contributed by atoms with Gasteiger partial charge in [0.1, 0.15) is 0 Å². The summed E-state index contributed by atoms with van der Waals surface area (Å²) in [5, 5.41) is 5.07. The smallest absolute Gasteiger partial charge is 0.221 e. The number of piperazine rings is 1. The molecule has 1 aromatic carbocycles. The van der Waals surface area contributed by atoms with Crippen LogP contribution in [0, 0.1) is 17.3 Å². The minimum Gasteiger partial charge on any atom is -0.314 e. The van der Waals surface area contributed by atoms with E-state index < -0.39 is 0 Å². The van der Waals surface area contributed by atoms with Gasteiger partial charge < -0.3 is 5.32 Å². The van der Waals surface area contributed by atoms with Crippen molar-refractivity contribution >= 4 is 18.0 Å². The van der Waals surface area contributed by atoms with E-state index in [1.54, 1.807) is 5.56 Å². The van der Waals surface area contributed by atoms with Gasteiger partial charge in [-0.05, 0) is 60.3 Å². The fraction of sp³-hybridized carbons (Fsp3) is 0.720. The van der Waals surface area contributed by atoms with E-state index in [1.807, 2.05) is 11.9 Å². The van der Waals surface area contributed by atoms with Crippen LogP contribution in [0.25, 0.3) is 0 Å². The molecule has 0 aromatic heterocycles. The lowest BCUT2D eigenvalue weighted by Gasteiger charge is -2.54. The van der Waals surface area contributed by atoms with Gasteiger partial charge in [0, 0.05) is 32.1 Å². The number of amides is 1. The van der Waals surface area contributed by atoms with Gasteiger partial charge in [-0.3, -0.25) is 10.2 Å². The normalized spacial score (nSPS) is 30.0. The number of hydrazine groups is 1. The molecule has 2 saturated carbocycles. The number of fused-ring (bicyclic) bond motifs is 2. The van der Waals surface area contributed by atoms with Crippen LogP contribution in [0.1, 0.15) is 65.4 Å². The predicted octanol–water partition coefficient (Wildman–Crippen LogP) is 4.98. The Morgan fingerprint density at radius 2 is 1.80 bits per heavy atom. The third-order valence-electron chi connectivity index (χ3n) is 6.55. The topological polar surface area (TPSA) is 44.4 Å². The zero-order valence-corrected chi connectivity index (χ0v) is 20.2. The van der Waals surface area contributed by atoms with Crippen LogP contribution in [-0.4, -0.2) is 43.5 Å². The maximum atomic E-state index is 9.90. The van der Waals surface area contributed by atoms with Crippen LogP contribution in [-0.2, 0) is 10.2 Å². The van der Waals surface area contributed by atoms with Crippen LogP contribution in [0.2, 0.25) is 0 Å². The highest BCUT2D eigenvalue weighted by atomic mass is 35.5. The highest BCUT2D eigenvalue weighted by Crippen LogP contribution is 2.57. The first-order valence-electron chi connectivity index (χ1n) is 11.6. The quantitative estimate of drug-likeness (QED) is 0.519. The summed E-state index contributed by atoms with van der Waals surface area (Å²) < 4.78 is 0. The summed E-state index contributed by atoms with van der Waals surface area (Å²) in [5.41, 5.74) is 5.21. The SMILES string of the molecule is CC1CC2CC(C)(C)CC(c3ccccc3)(C1)C2.CCCl.O=CNN1CCNCC1. The number of carbonyl (C=O) groups excluding carboxylic acids is 1. The molecule has 2 aliphatic carbocycles. The Balaban J connectivity index is 0.000000224. The summed E-state index contributed by atoms with van der Waals surface area (Å²) in [7, 11) is 0. The van der Waals surface area contributed by atoms with Gasteiger partial charge in [-0.2, -0.15) is 0 Å². The van der Waals surface area contributed by atoms with Crippen molar-refractivity contribution in [3.8, 4) is 0 Å². The van der Waals surface area contributed by atoms with Crippen molar-refractivity contribution in [2.75, 3.05) is 32.1 Å². The van der Waals surface area contributed by atoms with E-state index in [1.165, 1.54) is 32.1 Å². The van der Waals surface area contributed by atoms with Gasteiger partial charge in [0.25, 0.3) is 0 Å². The first kappa shape index (κ1) is 25.2. The second-order valence-corrected chi connectivity index (χ2v) is 10.6. The van der Waals surface area contributed by atoms with Gasteiger partial charge in [0.05, 0.1) is 0 Å². The third kappa shape index (κ3) is 7.55. The maximum absolute atomic E-state index is 9.90. The predicted molar refractivity (Wildman–Crippen MR) is 128 cm³/mol. The summed E-state index contributed by atoms with van der Waals surface area (Å²) in [4.78, 5) is 9.90. The van der Waals surface area contributed by atoms with Crippen LogP contribution in [0.5, 0.6) is 0 Å². The summed E-state index contributed by atoms with van der Waals surface area (Å²) in [5.74, 6) is 2.58. The average Bonchev–Trinajstić information content (AvgIpc) is 2.69. The number of nitrogens with zero attached hydrogens (tertiary/aromatic N) is 1. The molecule has 30 heavy (non-hydrogen) atoms. The van der Waals surface area contributed by atoms with Gasteiger partial charge in [-0.25, -0.2) is 5.01 Å². The molecule has 3 fully saturated rings. The van der Waals surface area contributed by atoms with Crippen molar-refractivity contribution in [3.05, 3.63) is 35.9 Å². The molecular formula is C25H42ClN3O. The average molecular weight is 436 g/mol. The van der Waals surface area contributed by atoms with Gasteiger partial charge in [-0.15, -0.1) is 11.6 Å². The van der Waals surface area contributed by atoms with Crippen molar-refractivity contribution in [1.82, 2.24) is 15.8 Å². The number of alkyl halides is 1. The monoisotopic (exact) mass is 435 g/mol. The number of rotatable bonds is 3. The molecule has 4 nitrogen and oxygen atoms in total. The molecule has 0 spiro atoms. The molecule has 1 saturated heterocycles. The Hall–Kier alpha value is -1.10. The number of carbonyl (C=O) groups is 1. The molecule has 1 aliphatic heterocycles. The Morgan fingerprint density at radius 1 is 1.17 bits per heavy atom. The molecule has 0 radical (unpaired) electrons. The second kappa shape index (κ2) is 12.1. The number of hydrogen-bond donors (Lipinski definition) is 2. The molecular weight excluding hydrogens is 394 g/mol. The maximum Gasteiger partial charge on any atom is 0.221 e. The standard InChI is InChI=1S/C18H26.C5H11N3O.C2H5Cl/c1-14-9-15-11-17(2,3)13-18(10-14,12-15)16-7-5-4-6-8-16;9-5-7-8-3-1-6-2-4-8;1-2-3/h4-8,14-15H,9-13H2,1-3H3;5-6H,1-4H2,(H,7,9);2H2,1H3. The summed E-state index contributed by atoms with van der Waals surface area (Å²) in [6, 6.07) is 11.3. The van der Waals surface area contributed by atoms with E-state index in [-0.39, 0.29) is 0 Å². The highest BCUT2D eigenvalue weighted by Gasteiger charge is 2.48. The van der Waals surface area contributed by atoms with E-state index in [4.69, 9.17) is 11.6 Å². The minimum absolute atomic E-state index is 0.478. The lowest BCUT2D eigenvalue weighted by molar-refractivity contribution is -0.114. The molecule has 1 aromatic rings. The van der Waals surface area contributed by atoms with Crippen molar-refractivity contribution in [2.24, 2.45) is 17.3 Å². The van der Waals surface area contributed by atoms with E-state index >= 15 is 0 Å². The van der Waals surface area contributed by atoms with Crippen LogP contribution in [0.15, 0.2) is 30.3 Å². The number of benzene rings is 1. The molecule has 5 heteroatoms. The number of nitrogens with one attached hydrogen (secondary N) is 2. The van der Waals surface area contributed by atoms with Crippen molar-refractivity contribution in [3.63, 3.8) is 0 Å². The molecule has 3 atom stereocenters. The van der Waals surface area contributed by atoms with Crippen LogP contribution < -0.4 is 10.7 Å². The minimum atomic E-state index is 0.478. The molecule has 3 unspecified atom stereocenters. The molecule has 3 aliphatic rings. The molecule has 1 heterocycles. The number of halogens is 1. The zero-order valence-electron chi connectivity index (χ0n) is 19.4. The summed E-state index contributed by atoms with van der Waals surface area (Å²) >= 11 is 5.00. The van der Waals surface area contributed by atoms with Crippen LogP contribution >= 0.6 is 11.6 Å². The Kier molecular flexibility index (Phi) is 10.1. The van der Waals surface area contributed by atoms with Crippen LogP contribution in [0.3, 0.4) is 0 Å². The molecule has 2 bridgehead atoms. The largest absolute Gasteiger partial charge is 0.314 e. The summed E-state index contributed by atoms with van der Waals surface area (Å²) in [6.45, 7) is 13.0. The molecule has 2 N–H and O–H groups in total. The Labute approximate surface area is 189 Å². The first-order valence-corrected chi connectivity index (χ1v) is 12.1. The van der Waals surface area contributed by atoms with Crippen molar-refractivity contribution in [1.29, 1.82) is 0 Å². The van der Waals surface area contributed by atoms with Crippen molar-refractivity contribution < 1.29 is 4.79 Å². The van der Waals surface area contributed by atoms with E-state index in [2.05, 4.69) is 61.8 Å².